The van der Waals surface area contributed by atoms with Crippen molar-refractivity contribution in [1.82, 2.24) is 14.5 Å². The number of likely N-dealkylation sites (tertiary alicyclic amines) is 1. The molecule has 23 heavy (non-hydrogen) atoms. The number of nitrogens with zero attached hydrogens (tertiary/aromatic N) is 3. The van der Waals surface area contributed by atoms with E-state index in [1.807, 2.05) is 6.92 Å². The molecule has 1 fully saturated rings. The number of alkyl halides is 2. The molecule has 1 aromatic rings. The summed E-state index contributed by atoms with van der Waals surface area (Å²) in [5.74, 6) is 0.164. The second-order valence-electron chi connectivity index (χ2n) is 6.92. The molecule has 1 amide bonds. The fourth-order valence-corrected chi connectivity index (χ4v) is 2.41. The zero-order chi connectivity index (χ0) is 17.3. The zero-order valence-electron chi connectivity index (χ0n) is 13.9. The van der Waals surface area contributed by atoms with Crippen molar-refractivity contribution >= 4 is 6.09 Å². The minimum absolute atomic E-state index is 0.0317. The molecule has 1 atom stereocenters. The Balaban J connectivity index is 1.91. The minimum Gasteiger partial charge on any atom is -0.444 e. The van der Waals surface area contributed by atoms with E-state index in [1.165, 1.54) is 12.4 Å². The highest BCUT2D eigenvalue weighted by atomic mass is 19.3. The molecule has 0 N–H and O–H groups in total. The first-order chi connectivity index (χ1) is 10.6. The van der Waals surface area contributed by atoms with Crippen LogP contribution in [0.3, 0.4) is 0 Å². The lowest BCUT2D eigenvalue weighted by molar-refractivity contribution is -0.0449. The third kappa shape index (κ3) is 4.63. The van der Waals surface area contributed by atoms with Crippen LogP contribution in [0, 0.1) is 0 Å². The molecule has 0 aromatic carbocycles. The van der Waals surface area contributed by atoms with Crippen LogP contribution in [0.15, 0.2) is 12.4 Å². The normalized spacial score (nSPS) is 22.0. The molecule has 130 valence electrons. The van der Waals surface area contributed by atoms with E-state index >= 15 is 0 Å². The number of carbonyl (C=O) groups is 1. The van der Waals surface area contributed by atoms with Crippen molar-refractivity contribution in [3.63, 3.8) is 0 Å². The van der Waals surface area contributed by atoms with Gasteiger partial charge in [-0.2, -0.15) is 8.78 Å². The van der Waals surface area contributed by atoms with Crippen LogP contribution in [0.25, 0.3) is 0 Å². The van der Waals surface area contributed by atoms with E-state index in [-0.39, 0.29) is 18.5 Å². The van der Waals surface area contributed by atoms with Crippen molar-refractivity contribution < 1.29 is 23.0 Å². The molecular formula is C15H23F2N3O3. The van der Waals surface area contributed by atoms with Gasteiger partial charge in [0.1, 0.15) is 18.0 Å². The Labute approximate surface area is 134 Å². The van der Waals surface area contributed by atoms with Gasteiger partial charge in [-0.05, 0) is 34.1 Å². The van der Waals surface area contributed by atoms with Crippen LogP contribution in [-0.4, -0.2) is 44.8 Å². The van der Waals surface area contributed by atoms with Gasteiger partial charge < -0.3 is 14.4 Å². The molecule has 1 saturated heterocycles. The highest BCUT2D eigenvalue weighted by molar-refractivity contribution is 5.68. The molecule has 0 radical (unpaired) electrons. The number of hydrogen-bond acceptors (Lipinski definition) is 4. The minimum atomic E-state index is -2.65. The van der Waals surface area contributed by atoms with E-state index in [4.69, 9.17) is 9.47 Å². The van der Waals surface area contributed by atoms with Gasteiger partial charge in [-0.15, -0.1) is 0 Å². The molecule has 6 nitrogen and oxygen atoms in total. The summed E-state index contributed by atoms with van der Waals surface area (Å²) >= 11 is 0. The highest BCUT2D eigenvalue weighted by Crippen LogP contribution is 2.27. The fourth-order valence-electron chi connectivity index (χ4n) is 2.41. The Hall–Kier alpha value is -1.70. The maximum absolute atomic E-state index is 12.8. The van der Waals surface area contributed by atoms with Crippen molar-refractivity contribution in [3.05, 3.63) is 18.2 Å². The summed E-state index contributed by atoms with van der Waals surface area (Å²) in [6.45, 7) is 5.46. The number of halogens is 2. The molecule has 1 unspecified atom stereocenters. The topological polar surface area (TPSA) is 56.6 Å². The van der Waals surface area contributed by atoms with Crippen LogP contribution in [0.1, 0.15) is 46.5 Å². The standard InChI is InChI=1S/C15H23F2N3O3/c1-14(2,3)23-13(21)19-7-5-15(4,10-19)22-9-11-18-6-8-20(11)12(16)17/h6,8,12H,5,7,9-10H2,1-4H3. The van der Waals surface area contributed by atoms with Crippen molar-refractivity contribution in [3.8, 4) is 0 Å². The van der Waals surface area contributed by atoms with E-state index in [2.05, 4.69) is 4.98 Å². The summed E-state index contributed by atoms with van der Waals surface area (Å²) in [7, 11) is 0. The van der Waals surface area contributed by atoms with Gasteiger partial charge in [0.25, 0.3) is 0 Å². The number of ether oxygens (including phenoxy) is 2. The molecule has 8 heteroatoms. The summed E-state index contributed by atoms with van der Waals surface area (Å²) in [4.78, 5) is 17.5. The Kier molecular flexibility index (Phi) is 4.93. The fraction of sp³-hybridized carbons (Fsp3) is 0.733. The van der Waals surface area contributed by atoms with Crippen molar-refractivity contribution in [2.24, 2.45) is 0 Å². The molecule has 0 saturated carbocycles. The number of carbonyl (C=O) groups excluding carboxylic acids is 1. The summed E-state index contributed by atoms with van der Waals surface area (Å²) in [5, 5.41) is 0. The maximum atomic E-state index is 12.8. The molecule has 2 heterocycles. The van der Waals surface area contributed by atoms with Gasteiger partial charge in [0.15, 0.2) is 0 Å². The molecule has 0 aliphatic carbocycles. The van der Waals surface area contributed by atoms with Gasteiger partial charge in [-0.1, -0.05) is 0 Å². The first kappa shape index (κ1) is 17.7. The van der Waals surface area contributed by atoms with Crippen LogP contribution < -0.4 is 0 Å². The first-order valence-electron chi connectivity index (χ1n) is 7.51. The van der Waals surface area contributed by atoms with Gasteiger partial charge >= 0.3 is 12.6 Å². The van der Waals surface area contributed by atoms with E-state index in [0.717, 1.165) is 4.57 Å². The molecule has 0 spiro atoms. The molecule has 1 aromatic heterocycles. The van der Waals surface area contributed by atoms with Gasteiger partial charge in [-0.3, -0.25) is 4.57 Å². The van der Waals surface area contributed by atoms with Gasteiger partial charge in [0.2, 0.25) is 0 Å². The zero-order valence-corrected chi connectivity index (χ0v) is 13.9. The monoisotopic (exact) mass is 331 g/mol. The van der Waals surface area contributed by atoms with E-state index < -0.39 is 17.8 Å². The average Bonchev–Trinajstić information content (AvgIpc) is 3.01. The van der Waals surface area contributed by atoms with Crippen LogP contribution >= 0.6 is 0 Å². The number of aromatic nitrogens is 2. The van der Waals surface area contributed by atoms with Crippen molar-refractivity contribution in [2.45, 2.75) is 58.5 Å². The number of rotatable bonds is 4. The lowest BCUT2D eigenvalue weighted by Crippen LogP contribution is -2.39. The van der Waals surface area contributed by atoms with Crippen LogP contribution in [-0.2, 0) is 16.1 Å². The quantitative estimate of drug-likeness (QED) is 0.850. The molecule has 2 rings (SSSR count). The molecule has 1 aliphatic rings. The van der Waals surface area contributed by atoms with Crippen LogP contribution in [0.5, 0.6) is 0 Å². The van der Waals surface area contributed by atoms with E-state index in [9.17, 15) is 13.6 Å². The number of amides is 1. The molecule has 1 aliphatic heterocycles. The third-order valence-corrected chi connectivity index (χ3v) is 3.60. The van der Waals surface area contributed by atoms with Gasteiger partial charge in [-0.25, -0.2) is 9.78 Å². The van der Waals surface area contributed by atoms with Gasteiger partial charge in [0.05, 0.1) is 12.1 Å². The number of imidazole rings is 1. The SMILES string of the molecule is CC(C)(C)OC(=O)N1CCC(C)(OCc2nccn2C(F)F)C1. The van der Waals surface area contributed by atoms with E-state index in [1.54, 1.807) is 25.7 Å². The summed E-state index contributed by atoms with van der Waals surface area (Å²) in [6.07, 6.45) is 2.75. The highest BCUT2D eigenvalue weighted by Gasteiger charge is 2.39. The second-order valence-corrected chi connectivity index (χ2v) is 6.92. The Morgan fingerprint density at radius 1 is 1.48 bits per heavy atom. The summed E-state index contributed by atoms with van der Waals surface area (Å²) < 4.78 is 37.4. The Morgan fingerprint density at radius 2 is 2.17 bits per heavy atom. The summed E-state index contributed by atoms with van der Waals surface area (Å²) in [5.41, 5.74) is -1.16. The predicted octanol–water partition coefficient (Wildman–Crippen LogP) is 3.19. The van der Waals surface area contributed by atoms with E-state index in [0.29, 0.717) is 19.5 Å². The third-order valence-electron chi connectivity index (χ3n) is 3.60. The largest absolute Gasteiger partial charge is 0.444 e. The molecular weight excluding hydrogens is 308 g/mol. The molecule has 0 bridgehead atoms. The van der Waals surface area contributed by atoms with Crippen LogP contribution in [0.4, 0.5) is 13.6 Å². The average molecular weight is 331 g/mol. The Morgan fingerprint density at radius 3 is 2.78 bits per heavy atom. The summed E-state index contributed by atoms with van der Waals surface area (Å²) in [6, 6.07) is 0. The lowest BCUT2D eigenvalue weighted by atomic mass is 10.1. The Bertz CT molecular complexity index is 556. The van der Waals surface area contributed by atoms with Crippen molar-refractivity contribution in [1.29, 1.82) is 0 Å². The lowest BCUT2D eigenvalue weighted by Gasteiger charge is -2.27. The first-order valence-corrected chi connectivity index (χ1v) is 7.51. The maximum Gasteiger partial charge on any atom is 0.410 e. The van der Waals surface area contributed by atoms with Crippen LogP contribution in [0.2, 0.25) is 0 Å². The van der Waals surface area contributed by atoms with Gasteiger partial charge in [0, 0.05) is 18.9 Å². The smallest absolute Gasteiger partial charge is 0.410 e. The predicted molar refractivity (Wildman–Crippen MR) is 79.1 cm³/mol. The second kappa shape index (κ2) is 6.43. The number of hydrogen-bond donors (Lipinski definition) is 0. The van der Waals surface area contributed by atoms with Crippen molar-refractivity contribution in [2.75, 3.05) is 13.1 Å².